The molecule has 0 saturated carbocycles. The SMILES string of the molecule is CCN(CCC(O)(CC)CCN)C(C)C. The van der Waals surface area contributed by atoms with Crippen molar-refractivity contribution in [2.24, 2.45) is 5.73 Å². The topological polar surface area (TPSA) is 49.5 Å². The van der Waals surface area contributed by atoms with Crippen LogP contribution in [0.15, 0.2) is 0 Å². The molecule has 1 atom stereocenters. The molecule has 92 valence electrons. The summed E-state index contributed by atoms with van der Waals surface area (Å²) in [6, 6.07) is 0.550. The second-order valence-corrected chi connectivity index (χ2v) is 4.59. The van der Waals surface area contributed by atoms with Gasteiger partial charge in [-0.3, -0.25) is 0 Å². The lowest BCUT2D eigenvalue weighted by molar-refractivity contribution is 0.00964. The van der Waals surface area contributed by atoms with E-state index < -0.39 is 5.60 Å². The molecule has 0 aliphatic heterocycles. The second-order valence-electron chi connectivity index (χ2n) is 4.59. The molecular weight excluding hydrogens is 188 g/mol. The quantitative estimate of drug-likeness (QED) is 0.648. The molecule has 3 heteroatoms. The summed E-state index contributed by atoms with van der Waals surface area (Å²) in [7, 11) is 0. The molecule has 0 spiro atoms. The summed E-state index contributed by atoms with van der Waals surface area (Å²) in [5, 5.41) is 10.2. The molecular formula is C12H28N2O. The van der Waals surface area contributed by atoms with Crippen LogP contribution in [0.5, 0.6) is 0 Å². The molecule has 3 N–H and O–H groups in total. The minimum Gasteiger partial charge on any atom is -0.390 e. The lowest BCUT2D eigenvalue weighted by Gasteiger charge is -2.31. The molecule has 0 aromatic rings. The minimum atomic E-state index is -0.558. The fourth-order valence-electron chi connectivity index (χ4n) is 1.88. The van der Waals surface area contributed by atoms with Crippen LogP contribution in [0.4, 0.5) is 0 Å². The van der Waals surface area contributed by atoms with Crippen LogP contribution in [0.2, 0.25) is 0 Å². The molecule has 0 amide bonds. The van der Waals surface area contributed by atoms with E-state index in [9.17, 15) is 5.11 Å². The van der Waals surface area contributed by atoms with Crippen LogP contribution in [0, 0.1) is 0 Å². The highest BCUT2D eigenvalue weighted by Crippen LogP contribution is 2.19. The van der Waals surface area contributed by atoms with E-state index in [0.717, 1.165) is 25.9 Å². The van der Waals surface area contributed by atoms with Crippen LogP contribution in [0.25, 0.3) is 0 Å². The summed E-state index contributed by atoms with van der Waals surface area (Å²) in [5.74, 6) is 0. The predicted molar refractivity (Wildman–Crippen MR) is 65.9 cm³/mol. The highest BCUT2D eigenvalue weighted by Gasteiger charge is 2.24. The van der Waals surface area contributed by atoms with Crippen molar-refractivity contribution in [1.29, 1.82) is 0 Å². The zero-order chi connectivity index (χ0) is 11.9. The highest BCUT2D eigenvalue weighted by atomic mass is 16.3. The Bertz CT molecular complexity index is 162. The van der Waals surface area contributed by atoms with Gasteiger partial charge in [0, 0.05) is 12.6 Å². The maximum absolute atomic E-state index is 10.2. The molecule has 0 radical (unpaired) electrons. The number of nitrogens with zero attached hydrogens (tertiary/aromatic N) is 1. The van der Waals surface area contributed by atoms with E-state index >= 15 is 0 Å². The van der Waals surface area contributed by atoms with E-state index in [4.69, 9.17) is 5.73 Å². The van der Waals surface area contributed by atoms with Gasteiger partial charge < -0.3 is 15.7 Å². The van der Waals surface area contributed by atoms with Crippen molar-refractivity contribution in [3.63, 3.8) is 0 Å². The van der Waals surface area contributed by atoms with Crippen molar-refractivity contribution in [3.05, 3.63) is 0 Å². The van der Waals surface area contributed by atoms with Gasteiger partial charge in [-0.1, -0.05) is 13.8 Å². The average molecular weight is 216 g/mol. The molecule has 0 aromatic carbocycles. The van der Waals surface area contributed by atoms with E-state index in [1.165, 1.54) is 0 Å². The Morgan fingerprint density at radius 3 is 2.20 bits per heavy atom. The van der Waals surface area contributed by atoms with E-state index in [0.29, 0.717) is 19.0 Å². The van der Waals surface area contributed by atoms with Crippen molar-refractivity contribution in [1.82, 2.24) is 4.90 Å². The predicted octanol–water partition coefficient (Wildman–Crippen LogP) is 1.60. The van der Waals surface area contributed by atoms with Gasteiger partial charge in [-0.15, -0.1) is 0 Å². The molecule has 0 fully saturated rings. The van der Waals surface area contributed by atoms with Crippen LogP contribution in [-0.2, 0) is 0 Å². The molecule has 0 aliphatic rings. The molecule has 1 unspecified atom stereocenters. The Hall–Kier alpha value is -0.120. The number of nitrogens with two attached hydrogens (primary N) is 1. The smallest absolute Gasteiger partial charge is 0.0669 e. The summed E-state index contributed by atoms with van der Waals surface area (Å²) >= 11 is 0. The standard InChI is InChI=1S/C12H28N2O/c1-5-12(15,7-9-13)8-10-14(6-2)11(3)4/h11,15H,5-10,13H2,1-4H3. The fraction of sp³-hybridized carbons (Fsp3) is 1.00. The Kier molecular flexibility index (Phi) is 7.14. The first-order valence-corrected chi connectivity index (χ1v) is 6.15. The van der Waals surface area contributed by atoms with E-state index in [-0.39, 0.29) is 0 Å². The van der Waals surface area contributed by atoms with Crippen LogP contribution in [0.1, 0.15) is 47.0 Å². The van der Waals surface area contributed by atoms with Gasteiger partial charge in [0.1, 0.15) is 0 Å². The number of hydrogen-bond acceptors (Lipinski definition) is 3. The minimum absolute atomic E-state index is 0.550. The van der Waals surface area contributed by atoms with Gasteiger partial charge in [0.25, 0.3) is 0 Å². The van der Waals surface area contributed by atoms with E-state index in [1.54, 1.807) is 0 Å². The Labute approximate surface area is 94.6 Å². The summed E-state index contributed by atoms with van der Waals surface area (Å²) < 4.78 is 0. The van der Waals surface area contributed by atoms with Crippen molar-refractivity contribution >= 4 is 0 Å². The summed E-state index contributed by atoms with van der Waals surface area (Å²) in [6.45, 7) is 11.1. The lowest BCUT2D eigenvalue weighted by atomic mass is 9.92. The van der Waals surface area contributed by atoms with Gasteiger partial charge >= 0.3 is 0 Å². The largest absolute Gasteiger partial charge is 0.390 e. The monoisotopic (exact) mass is 216 g/mol. The van der Waals surface area contributed by atoms with Gasteiger partial charge in [0.15, 0.2) is 0 Å². The summed E-state index contributed by atoms with van der Waals surface area (Å²) in [5.41, 5.74) is 4.96. The number of hydrogen-bond donors (Lipinski definition) is 2. The first-order valence-electron chi connectivity index (χ1n) is 6.15. The lowest BCUT2D eigenvalue weighted by Crippen LogP contribution is -2.39. The molecule has 0 heterocycles. The van der Waals surface area contributed by atoms with Gasteiger partial charge in [0.05, 0.1) is 5.60 Å². The highest BCUT2D eigenvalue weighted by molar-refractivity contribution is 4.79. The van der Waals surface area contributed by atoms with Crippen LogP contribution in [0.3, 0.4) is 0 Å². The number of rotatable bonds is 8. The molecule has 3 nitrogen and oxygen atoms in total. The maximum Gasteiger partial charge on any atom is 0.0669 e. The Morgan fingerprint density at radius 1 is 1.27 bits per heavy atom. The second kappa shape index (κ2) is 7.20. The van der Waals surface area contributed by atoms with Crippen molar-refractivity contribution in [2.75, 3.05) is 19.6 Å². The van der Waals surface area contributed by atoms with Crippen molar-refractivity contribution < 1.29 is 5.11 Å². The van der Waals surface area contributed by atoms with Crippen molar-refractivity contribution in [3.8, 4) is 0 Å². The van der Waals surface area contributed by atoms with Crippen LogP contribution >= 0.6 is 0 Å². The normalized spacial score (nSPS) is 16.0. The fourth-order valence-corrected chi connectivity index (χ4v) is 1.88. The maximum atomic E-state index is 10.2. The van der Waals surface area contributed by atoms with E-state index in [1.807, 2.05) is 6.92 Å². The zero-order valence-electron chi connectivity index (χ0n) is 10.8. The van der Waals surface area contributed by atoms with Gasteiger partial charge in [-0.05, 0) is 46.2 Å². The molecule has 15 heavy (non-hydrogen) atoms. The molecule has 0 rings (SSSR count). The third-order valence-corrected chi connectivity index (χ3v) is 3.27. The Morgan fingerprint density at radius 2 is 1.87 bits per heavy atom. The molecule has 0 aromatic heterocycles. The van der Waals surface area contributed by atoms with Crippen molar-refractivity contribution in [2.45, 2.75) is 58.6 Å². The van der Waals surface area contributed by atoms with Gasteiger partial charge in [0.2, 0.25) is 0 Å². The third-order valence-electron chi connectivity index (χ3n) is 3.27. The van der Waals surface area contributed by atoms with E-state index in [2.05, 4.69) is 25.7 Å². The first-order chi connectivity index (χ1) is 6.99. The third kappa shape index (κ3) is 5.50. The Balaban J connectivity index is 4.08. The molecule has 0 bridgehead atoms. The first kappa shape index (κ1) is 14.9. The zero-order valence-corrected chi connectivity index (χ0v) is 10.8. The summed E-state index contributed by atoms with van der Waals surface area (Å²) in [4.78, 5) is 2.37. The van der Waals surface area contributed by atoms with Gasteiger partial charge in [-0.2, -0.15) is 0 Å². The van der Waals surface area contributed by atoms with Crippen LogP contribution in [-0.4, -0.2) is 41.3 Å². The molecule has 0 aliphatic carbocycles. The summed E-state index contributed by atoms with van der Waals surface area (Å²) in [6.07, 6.45) is 2.33. The molecule has 0 saturated heterocycles. The van der Waals surface area contributed by atoms with Gasteiger partial charge in [-0.25, -0.2) is 0 Å². The van der Waals surface area contributed by atoms with Crippen LogP contribution < -0.4 is 5.73 Å². The average Bonchev–Trinajstić information content (AvgIpc) is 2.18. The number of aliphatic hydroxyl groups is 1.